The number of aliphatic imine (C=N–C) groups is 2. The zero-order chi connectivity index (χ0) is 20.2. The van der Waals surface area contributed by atoms with Crippen molar-refractivity contribution in [3.05, 3.63) is 12.2 Å². The van der Waals surface area contributed by atoms with Crippen molar-refractivity contribution in [3.8, 4) is 0 Å². The zero-order valence-corrected chi connectivity index (χ0v) is 15.9. The molecule has 27 heavy (non-hydrogen) atoms. The smallest absolute Gasteiger partial charge is 0.407 e. The van der Waals surface area contributed by atoms with Crippen LogP contribution in [0.2, 0.25) is 0 Å². The van der Waals surface area contributed by atoms with Crippen LogP contribution in [-0.4, -0.2) is 57.7 Å². The Hall–Kier alpha value is -2.31. The maximum Gasteiger partial charge on any atom is 0.407 e. The van der Waals surface area contributed by atoms with Crippen LogP contribution in [0.25, 0.3) is 0 Å². The standard InChI is InChI=1S/C18H29N3O6/c1-16(2)13-27-26-11-5-10-25-18(24)21-9-4-7-17(12-20-15-23)6-3-8-19-14-22/h17H,1,3-13H2,2H3,(H,21,24). The summed E-state index contributed by atoms with van der Waals surface area (Å²) >= 11 is 0. The van der Waals surface area contributed by atoms with Gasteiger partial charge in [0, 0.05) is 13.0 Å². The van der Waals surface area contributed by atoms with E-state index in [2.05, 4.69) is 21.9 Å². The molecular weight excluding hydrogens is 354 g/mol. The lowest BCUT2D eigenvalue weighted by atomic mass is 9.97. The van der Waals surface area contributed by atoms with Gasteiger partial charge in [0.15, 0.2) is 0 Å². The van der Waals surface area contributed by atoms with E-state index in [4.69, 9.17) is 14.5 Å². The van der Waals surface area contributed by atoms with Crippen molar-refractivity contribution in [1.29, 1.82) is 0 Å². The summed E-state index contributed by atoms with van der Waals surface area (Å²) in [5.41, 5.74) is 0.861. The van der Waals surface area contributed by atoms with Crippen LogP contribution in [0.4, 0.5) is 4.79 Å². The van der Waals surface area contributed by atoms with Crippen LogP contribution in [0.3, 0.4) is 0 Å². The molecule has 0 fully saturated rings. The van der Waals surface area contributed by atoms with E-state index >= 15 is 0 Å². The Morgan fingerprint density at radius 3 is 2.52 bits per heavy atom. The van der Waals surface area contributed by atoms with Gasteiger partial charge < -0.3 is 10.1 Å². The molecule has 0 rings (SSSR count). The molecule has 0 aliphatic rings. The molecule has 0 spiro atoms. The van der Waals surface area contributed by atoms with E-state index in [0.29, 0.717) is 39.3 Å². The van der Waals surface area contributed by atoms with Crippen molar-refractivity contribution >= 4 is 18.3 Å². The number of alkyl carbamates (subject to hydrolysis) is 1. The summed E-state index contributed by atoms with van der Waals surface area (Å²) in [5.74, 6) is 0.183. The highest BCUT2D eigenvalue weighted by atomic mass is 17.2. The van der Waals surface area contributed by atoms with Crippen LogP contribution in [0.5, 0.6) is 0 Å². The van der Waals surface area contributed by atoms with Crippen LogP contribution < -0.4 is 5.32 Å². The molecule has 0 aromatic heterocycles. The molecule has 9 heteroatoms. The van der Waals surface area contributed by atoms with E-state index in [1.54, 1.807) is 0 Å². The molecule has 0 radical (unpaired) electrons. The van der Waals surface area contributed by atoms with Gasteiger partial charge in [-0.2, -0.15) is 0 Å². The van der Waals surface area contributed by atoms with Gasteiger partial charge in [0.25, 0.3) is 0 Å². The second-order valence-electron chi connectivity index (χ2n) is 6.01. The molecule has 9 nitrogen and oxygen atoms in total. The first-order valence-corrected chi connectivity index (χ1v) is 8.96. The second kappa shape index (κ2) is 18.5. The molecule has 0 heterocycles. The lowest BCUT2D eigenvalue weighted by Gasteiger charge is -2.13. The van der Waals surface area contributed by atoms with E-state index in [0.717, 1.165) is 31.3 Å². The first-order chi connectivity index (χ1) is 13.1. The molecule has 152 valence electrons. The molecule has 0 aromatic carbocycles. The largest absolute Gasteiger partial charge is 0.449 e. The second-order valence-corrected chi connectivity index (χ2v) is 6.01. The Labute approximate surface area is 159 Å². The molecule has 1 amide bonds. The monoisotopic (exact) mass is 383 g/mol. The van der Waals surface area contributed by atoms with Crippen molar-refractivity contribution in [2.45, 2.75) is 39.0 Å². The van der Waals surface area contributed by atoms with Crippen LogP contribution in [0, 0.1) is 5.92 Å². The molecule has 0 bridgehead atoms. The number of isocyanates is 2. The van der Waals surface area contributed by atoms with E-state index in [1.165, 1.54) is 12.2 Å². The van der Waals surface area contributed by atoms with Gasteiger partial charge in [-0.25, -0.2) is 34.1 Å². The zero-order valence-electron chi connectivity index (χ0n) is 15.9. The van der Waals surface area contributed by atoms with Crippen LogP contribution >= 0.6 is 0 Å². The van der Waals surface area contributed by atoms with Gasteiger partial charge in [-0.3, -0.25) is 0 Å². The Bertz CT molecular complexity index is 513. The number of nitrogens with one attached hydrogen (secondary N) is 1. The molecule has 0 aliphatic carbocycles. The van der Waals surface area contributed by atoms with Gasteiger partial charge in [-0.05, 0) is 38.5 Å². The summed E-state index contributed by atoms with van der Waals surface area (Å²) in [7, 11) is 0. The van der Waals surface area contributed by atoms with Crippen molar-refractivity contribution < 1.29 is 28.9 Å². The first kappa shape index (κ1) is 24.7. The highest BCUT2D eigenvalue weighted by Crippen LogP contribution is 2.14. The third kappa shape index (κ3) is 18.3. The minimum absolute atomic E-state index is 0.183. The highest BCUT2D eigenvalue weighted by Gasteiger charge is 2.09. The van der Waals surface area contributed by atoms with E-state index < -0.39 is 6.09 Å². The predicted octanol–water partition coefficient (Wildman–Crippen LogP) is 2.48. The number of carbonyl (C=O) groups is 1. The minimum Gasteiger partial charge on any atom is -0.449 e. The summed E-state index contributed by atoms with van der Waals surface area (Å²) < 4.78 is 5.01. The molecule has 1 unspecified atom stereocenters. The fraction of sp³-hybridized carbons (Fsp3) is 0.722. The number of nitrogens with zero attached hydrogens (tertiary/aromatic N) is 2. The van der Waals surface area contributed by atoms with E-state index in [9.17, 15) is 14.4 Å². The molecule has 0 saturated heterocycles. The SMILES string of the molecule is C=C(C)COOCCCOC(=O)NCCCC(CCCN=C=O)CN=C=O. The van der Waals surface area contributed by atoms with Gasteiger partial charge in [-0.1, -0.05) is 12.2 Å². The Morgan fingerprint density at radius 2 is 1.81 bits per heavy atom. The maximum absolute atomic E-state index is 11.5. The summed E-state index contributed by atoms with van der Waals surface area (Å²) in [6.07, 6.45) is 6.08. The number of amides is 1. The van der Waals surface area contributed by atoms with Gasteiger partial charge in [-0.15, -0.1) is 0 Å². The van der Waals surface area contributed by atoms with Crippen molar-refractivity contribution in [2.75, 3.05) is 39.5 Å². The maximum atomic E-state index is 11.5. The summed E-state index contributed by atoms with van der Waals surface area (Å²) in [5, 5.41) is 2.66. The van der Waals surface area contributed by atoms with Crippen molar-refractivity contribution in [2.24, 2.45) is 15.9 Å². The molecule has 0 aliphatic heterocycles. The number of hydrogen-bond acceptors (Lipinski definition) is 8. The quantitative estimate of drug-likeness (QED) is 0.103. The minimum atomic E-state index is -0.486. The van der Waals surface area contributed by atoms with Crippen LogP contribution in [-0.2, 0) is 24.1 Å². The Morgan fingerprint density at radius 1 is 1.07 bits per heavy atom. The Balaban J connectivity index is 3.72. The highest BCUT2D eigenvalue weighted by molar-refractivity contribution is 5.66. The van der Waals surface area contributed by atoms with Crippen molar-refractivity contribution in [3.63, 3.8) is 0 Å². The third-order valence-electron chi connectivity index (χ3n) is 3.41. The number of rotatable bonds is 17. The summed E-state index contributed by atoms with van der Waals surface area (Å²) in [4.78, 5) is 48.7. The first-order valence-electron chi connectivity index (χ1n) is 8.96. The predicted molar refractivity (Wildman–Crippen MR) is 98.6 cm³/mol. The third-order valence-corrected chi connectivity index (χ3v) is 3.41. The number of ether oxygens (including phenoxy) is 1. The molecule has 0 aromatic rings. The molecule has 1 N–H and O–H groups in total. The topological polar surface area (TPSA) is 116 Å². The van der Waals surface area contributed by atoms with Gasteiger partial charge in [0.2, 0.25) is 12.2 Å². The Kier molecular flexibility index (Phi) is 16.9. The number of hydrogen-bond donors (Lipinski definition) is 1. The van der Waals surface area contributed by atoms with Crippen LogP contribution in [0.15, 0.2) is 22.1 Å². The molecular formula is C18H29N3O6. The summed E-state index contributed by atoms with van der Waals surface area (Å²) in [6, 6.07) is 0. The fourth-order valence-corrected chi connectivity index (χ4v) is 2.11. The van der Waals surface area contributed by atoms with Gasteiger partial charge in [0.05, 0.1) is 26.3 Å². The van der Waals surface area contributed by atoms with Crippen LogP contribution in [0.1, 0.15) is 39.0 Å². The lowest BCUT2D eigenvalue weighted by Crippen LogP contribution is -2.26. The molecule has 0 saturated carbocycles. The van der Waals surface area contributed by atoms with E-state index in [1.807, 2.05) is 6.92 Å². The molecule has 1 atom stereocenters. The fourth-order valence-electron chi connectivity index (χ4n) is 2.11. The van der Waals surface area contributed by atoms with Crippen molar-refractivity contribution in [1.82, 2.24) is 5.32 Å². The van der Waals surface area contributed by atoms with E-state index in [-0.39, 0.29) is 12.5 Å². The summed E-state index contributed by atoms with van der Waals surface area (Å²) in [6.45, 7) is 7.66. The average molecular weight is 383 g/mol. The van der Waals surface area contributed by atoms with Gasteiger partial charge >= 0.3 is 6.09 Å². The normalized spacial score (nSPS) is 11.0. The lowest BCUT2D eigenvalue weighted by molar-refractivity contribution is -0.288. The number of carbonyl (C=O) groups excluding carboxylic acids is 3. The van der Waals surface area contributed by atoms with Gasteiger partial charge in [0.1, 0.15) is 6.61 Å². The average Bonchev–Trinajstić information content (AvgIpc) is 2.64.